The number of hydrogen-bond donors (Lipinski definition) is 2. The van der Waals surface area contributed by atoms with E-state index in [1.54, 1.807) is 0 Å². The molecule has 0 saturated carbocycles. The van der Waals surface area contributed by atoms with E-state index in [4.69, 9.17) is 4.74 Å². The zero-order chi connectivity index (χ0) is 18.0. The maximum atomic E-state index is 12.3. The van der Waals surface area contributed by atoms with Gasteiger partial charge in [-0.2, -0.15) is 4.72 Å². The lowest BCUT2D eigenvalue weighted by molar-refractivity contribution is -0.122. The summed E-state index contributed by atoms with van der Waals surface area (Å²) >= 11 is 0. The highest BCUT2D eigenvalue weighted by atomic mass is 32.2. The lowest BCUT2D eigenvalue weighted by Gasteiger charge is -2.17. The van der Waals surface area contributed by atoms with Crippen LogP contribution in [0.1, 0.15) is 13.3 Å². The van der Waals surface area contributed by atoms with Crippen molar-refractivity contribution in [3.05, 3.63) is 24.3 Å². The molecule has 1 aromatic carbocycles. The van der Waals surface area contributed by atoms with E-state index in [-0.39, 0.29) is 16.4 Å². The molecule has 1 unspecified atom stereocenters. The summed E-state index contributed by atoms with van der Waals surface area (Å²) in [6.45, 7) is 1.40. The molecular formula is C14H20N2O6S2. The second kappa shape index (κ2) is 7.08. The first-order chi connectivity index (χ1) is 11.1. The van der Waals surface area contributed by atoms with Crippen LogP contribution in [0.2, 0.25) is 0 Å². The van der Waals surface area contributed by atoms with Crippen molar-refractivity contribution < 1.29 is 26.4 Å². The molecule has 8 nitrogen and oxygen atoms in total. The highest BCUT2D eigenvalue weighted by Crippen LogP contribution is 2.16. The predicted octanol–water partition coefficient (Wildman–Crippen LogP) is -0.335. The number of methoxy groups -OCH3 is 1. The van der Waals surface area contributed by atoms with E-state index >= 15 is 0 Å². The molecule has 1 heterocycles. The summed E-state index contributed by atoms with van der Waals surface area (Å²) in [6.07, 6.45) is 0.339. The first-order valence-corrected chi connectivity index (χ1v) is 10.6. The van der Waals surface area contributed by atoms with Crippen molar-refractivity contribution in [3.63, 3.8) is 0 Å². The van der Waals surface area contributed by atoms with Gasteiger partial charge in [0.15, 0.2) is 9.84 Å². The molecule has 0 aliphatic carbocycles. The van der Waals surface area contributed by atoms with Crippen molar-refractivity contribution in [3.8, 4) is 5.75 Å². The summed E-state index contributed by atoms with van der Waals surface area (Å²) in [5.74, 6) is -0.128. The molecule has 2 atom stereocenters. The highest BCUT2D eigenvalue weighted by molar-refractivity contribution is 7.91. The van der Waals surface area contributed by atoms with Crippen LogP contribution in [0.4, 0.5) is 0 Å². The maximum Gasteiger partial charge on any atom is 0.241 e. The van der Waals surface area contributed by atoms with Crippen molar-refractivity contribution in [2.45, 2.75) is 30.3 Å². The van der Waals surface area contributed by atoms with E-state index in [2.05, 4.69) is 10.0 Å². The number of carbonyl (C=O) groups excluding carboxylic acids is 1. The molecule has 134 valence electrons. The molecule has 0 radical (unpaired) electrons. The van der Waals surface area contributed by atoms with Crippen molar-refractivity contribution in [1.29, 1.82) is 0 Å². The highest BCUT2D eigenvalue weighted by Gasteiger charge is 2.31. The van der Waals surface area contributed by atoms with Crippen LogP contribution in [0.25, 0.3) is 0 Å². The molecule has 1 amide bonds. The summed E-state index contributed by atoms with van der Waals surface area (Å²) in [5, 5.41) is 2.56. The van der Waals surface area contributed by atoms with E-state index in [9.17, 15) is 21.6 Å². The Morgan fingerprint density at radius 2 is 1.92 bits per heavy atom. The number of carbonyl (C=O) groups is 1. The standard InChI is InChI=1S/C14H20N2O6S2/c1-10(14(17)15-11-7-8-23(18,19)9-11)16-24(20,21)13-5-3-12(22-2)4-6-13/h3-6,10-11,16H,7-9H2,1-2H3,(H,15,17)/t10-,11?/m0/s1. The number of benzene rings is 1. The van der Waals surface area contributed by atoms with E-state index < -0.39 is 37.9 Å². The van der Waals surface area contributed by atoms with E-state index in [0.29, 0.717) is 12.2 Å². The summed E-state index contributed by atoms with van der Waals surface area (Å²) in [6, 6.07) is 4.24. The molecular weight excluding hydrogens is 356 g/mol. The topological polar surface area (TPSA) is 119 Å². The molecule has 1 fully saturated rings. The van der Waals surface area contributed by atoms with Gasteiger partial charge in [-0.3, -0.25) is 4.79 Å². The van der Waals surface area contributed by atoms with Gasteiger partial charge in [0.25, 0.3) is 0 Å². The minimum absolute atomic E-state index is 0.00592. The third kappa shape index (κ3) is 4.68. The Labute approximate surface area is 141 Å². The maximum absolute atomic E-state index is 12.3. The van der Waals surface area contributed by atoms with Crippen molar-refractivity contribution in [1.82, 2.24) is 10.0 Å². The summed E-state index contributed by atoms with van der Waals surface area (Å²) in [7, 11) is -5.52. The Hall–Kier alpha value is -1.65. The molecule has 24 heavy (non-hydrogen) atoms. The fourth-order valence-electron chi connectivity index (χ4n) is 2.34. The number of hydrogen-bond acceptors (Lipinski definition) is 6. The van der Waals surface area contributed by atoms with Gasteiger partial charge in [-0.05, 0) is 37.6 Å². The van der Waals surface area contributed by atoms with Crippen molar-refractivity contribution in [2.24, 2.45) is 0 Å². The molecule has 1 aromatic rings. The predicted molar refractivity (Wildman–Crippen MR) is 88.0 cm³/mol. The Balaban J connectivity index is 1.99. The van der Waals surface area contributed by atoms with E-state index in [1.807, 2.05) is 0 Å². The van der Waals surface area contributed by atoms with Crippen LogP contribution in [0, 0.1) is 0 Å². The van der Waals surface area contributed by atoms with Gasteiger partial charge < -0.3 is 10.1 Å². The smallest absolute Gasteiger partial charge is 0.241 e. The molecule has 0 bridgehead atoms. The number of sulfonamides is 1. The van der Waals surface area contributed by atoms with Crippen LogP contribution in [0.3, 0.4) is 0 Å². The Morgan fingerprint density at radius 1 is 1.29 bits per heavy atom. The van der Waals surface area contributed by atoms with Crippen LogP contribution >= 0.6 is 0 Å². The van der Waals surface area contributed by atoms with Gasteiger partial charge in [-0.1, -0.05) is 0 Å². The van der Waals surface area contributed by atoms with Gasteiger partial charge in [0.05, 0.1) is 29.6 Å². The minimum Gasteiger partial charge on any atom is -0.497 e. The Morgan fingerprint density at radius 3 is 2.42 bits per heavy atom. The number of ether oxygens (including phenoxy) is 1. The average molecular weight is 376 g/mol. The zero-order valence-electron chi connectivity index (χ0n) is 13.4. The van der Waals surface area contributed by atoms with Gasteiger partial charge in [0.2, 0.25) is 15.9 Å². The first kappa shape index (κ1) is 18.7. The van der Waals surface area contributed by atoms with E-state index in [1.165, 1.54) is 38.3 Å². The van der Waals surface area contributed by atoms with Crippen LogP contribution in [-0.4, -0.2) is 53.4 Å². The minimum atomic E-state index is -3.87. The number of amides is 1. The normalized spacial score (nSPS) is 21.2. The zero-order valence-corrected chi connectivity index (χ0v) is 15.0. The van der Waals surface area contributed by atoms with Crippen LogP contribution < -0.4 is 14.8 Å². The largest absolute Gasteiger partial charge is 0.497 e. The number of nitrogens with one attached hydrogen (secondary N) is 2. The second-order valence-corrected chi connectivity index (χ2v) is 9.57. The van der Waals surface area contributed by atoms with Crippen LogP contribution in [0.15, 0.2) is 29.2 Å². The lowest BCUT2D eigenvalue weighted by Crippen LogP contribution is -2.48. The van der Waals surface area contributed by atoms with Gasteiger partial charge in [0.1, 0.15) is 5.75 Å². The van der Waals surface area contributed by atoms with Gasteiger partial charge in [0, 0.05) is 6.04 Å². The lowest BCUT2D eigenvalue weighted by atomic mass is 10.2. The monoisotopic (exact) mass is 376 g/mol. The molecule has 2 rings (SSSR count). The van der Waals surface area contributed by atoms with Crippen molar-refractivity contribution in [2.75, 3.05) is 18.6 Å². The summed E-state index contributed by atoms with van der Waals surface area (Å²) < 4.78 is 54.5. The SMILES string of the molecule is COc1ccc(S(=O)(=O)N[C@@H](C)C(=O)NC2CCS(=O)(=O)C2)cc1. The third-order valence-corrected chi connectivity index (χ3v) is 7.00. The number of rotatable bonds is 6. The number of sulfone groups is 1. The molecule has 1 saturated heterocycles. The molecule has 2 N–H and O–H groups in total. The third-order valence-electron chi connectivity index (χ3n) is 3.67. The first-order valence-electron chi connectivity index (χ1n) is 7.30. The van der Waals surface area contributed by atoms with Crippen LogP contribution in [0.5, 0.6) is 5.75 Å². The molecule has 1 aliphatic rings. The summed E-state index contributed by atoms with van der Waals surface area (Å²) in [4.78, 5) is 12.1. The fraction of sp³-hybridized carbons (Fsp3) is 0.500. The average Bonchev–Trinajstić information content (AvgIpc) is 2.85. The van der Waals surface area contributed by atoms with E-state index in [0.717, 1.165) is 0 Å². The van der Waals surface area contributed by atoms with Gasteiger partial charge in [-0.15, -0.1) is 0 Å². The molecule has 1 aliphatic heterocycles. The molecule has 0 spiro atoms. The van der Waals surface area contributed by atoms with Gasteiger partial charge in [-0.25, -0.2) is 16.8 Å². The van der Waals surface area contributed by atoms with Crippen molar-refractivity contribution >= 4 is 25.8 Å². The Kier molecular flexibility index (Phi) is 5.51. The fourth-order valence-corrected chi connectivity index (χ4v) is 5.22. The quantitative estimate of drug-likeness (QED) is 0.701. The Bertz CT molecular complexity index is 802. The molecule has 10 heteroatoms. The molecule has 0 aromatic heterocycles. The second-order valence-electron chi connectivity index (χ2n) is 5.63. The van der Waals surface area contributed by atoms with Gasteiger partial charge >= 0.3 is 0 Å². The van der Waals surface area contributed by atoms with Crippen LogP contribution in [-0.2, 0) is 24.7 Å². The summed E-state index contributed by atoms with van der Waals surface area (Å²) in [5.41, 5.74) is 0.